The van der Waals surface area contributed by atoms with Crippen LogP contribution in [0.2, 0.25) is 0 Å². The van der Waals surface area contributed by atoms with E-state index < -0.39 is 12.4 Å². The molecule has 0 amide bonds. The lowest BCUT2D eigenvalue weighted by Crippen LogP contribution is -2.67. The van der Waals surface area contributed by atoms with Crippen LogP contribution < -0.4 is 0 Å². The topological polar surface area (TPSA) is 69.9 Å². The summed E-state index contributed by atoms with van der Waals surface area (Å²) in [5.74, 6) is 1.21. The third-order valence-corrected chi connectivity index (χ3v) is 11.2. The number of ether oxygens (including phenoxy) is 1. The van der Waals surface area contributed by atoms with Gasteiger partial charge in [-0.2, -0.15) is 0 Å². The van der Waals surface area contributed by atoms with E-state index in [-0.39, 0.29) is 33.7 Å². The van der Waals surface area contributed by atoms with Crippen molar-refractivity contribution in [1.82, 2.24) is 0 Å². The van der Waals surface area contributed by atoms with E-state index in [0.717, 1.165) is 38.5 Å². The quantitative estimate of drug-likeness (QED) is 0.536. The van der Waals surface area contributed by atoms with Crippen LogP contribution in [-0.4, -0.2) is 40.4 Å². The molecule has 4 heteroatoms. The highest BCUT2D eigenvalue weighted by Gasteiger charge is 2.69. The minimum atomic E-state index is -0.792. The second-order valence-corrected chi connectivity index (χ2v) is 12.4. The number of aliphatic hydroxyl groups is 3. The fraction of sp³-hybridized carbons (Fsp3) is 0.920. The molecule has 0 bridgehead atoms. The third kappa shape index (κ3) is 2.35. The second-order valence-electron chi connectivity index (χ2n) is 12.4. The van der Waals surface area contributed by atoms with Gasteiger partial charge in [-0.25, -0.2) is 0 Å². The van der Waals surface area contributed by atoms with Gasteiger partial charge in [0.15, 0.2) is 6.29 Å². The molecule has 3 saturated carbocycles. The Hall–Kier alpha value is -0.420. The minimum Gasteiger partial charge on any atom is -0.393 e. The number of rotatable bonds is 0. The third-order valence-electron chi connectivity index (χ3n) is 11.2. The number of hydrogen-bond acceptors (Lipinski definition) is 4. The van der Waals surface area contributed by atoms with Crippen LogP contribution in [0.5, 0.6) is 0 Å². The average molecular weight is 405 g/mol. The molecule has 0 unspecified atom stereocenters. The van der Waals surface area contributed by atoms with Crippen LogP contribution in [0.3, 0.4) is 0 Å². The summed E-state index contributed by atoms with van der Waals surface area (Å²) in [7, 11) is 0. The van der Waals surface area contributed by atoms with E-state index in [1.54, 1.807) is 0 Å². The van der Waals surface area contributed by atoms with Crippen LogP contribution in [0.15, 0.2) is 11.6 Å². The molecule has 5 aliphatic rings. The lowest BCUT2D eigenvalue weighted by molar-refractivity contribution is -0.255. The largest absolute Gasteiger partial charge is 0.393 e. The second kappa shape index (κ2) is 6.09. The predicted octanol–water partition coefficient (Wildman–Crippen LogP) is 3.89. The van der Waals surface area contributed by atoms with Crippen LogP contribution in [0.4, 0.5) is 0 Å². The molecular weight excluding hydrogens is 364 g/mol. The van der Waals surface area contributed by atoms with Gasteiger partial charge < -0.3 is 20.1 Å². The van der Waals surface area contributed by atoms with E-state index in [2.05, 4.69) is 40.7 Å². The Balaban J connectivity index is 1.58. The van der Waals surface area contributed by atoms with E-state index in [0.29, 0.717) is 24.4 Å². The van der Waals surface area contributed by atoms with Gasteiger partial charge in [-0.15, -0.1) is 0 Å². The summed E-state index contributed by atoms with van der Waals surface area (Å²) in [5.41, 5.74) is 1.07. The van der Waals surface area contributed by atoms with Gasteiger partial charge in [0.25, 0.3) is 0 Å². The van der Waals surface area contributed by atoms with Crippen molar-refractivity contribution in [3.05, 3.63) is 11.6 Å². The highest BCUT2D eigenvalue weighted by Crippen LogP contribution is 2.73. The molecule has 10 atom stereocenters. The maximum Gasteiger partial charge on any atom is 0.162 e. The summed E-state index contributed by atoms with van der Waals surface area (Å²) in [6, 6.07) is 0. The molecule has 4 nitrogen and oxygen atoms in total. The predicted molar refractivity (Wildman–Crippen MR) is 112 cm³/mol. The van der Waals surface area contributed by atoms with E-state index in [9.17, 15) is 15.3 Å². The fourth-order valence-electron chi connectivity index (χ4n) is 9.61. The van der Waals surface area contributed by atoms with Crippen LogP contribution in [-0.2, 0) is 4.74 Å². The van der Waals surface area contributed by atoms with Crippen molar-refractivity contribution in [2.75, 3.05) is 6.61 Å². The monoisotopic (exact) mass is 404 g/mol. The van der Waals surface area contributed by atoms with Gasteiger partial charge in [-0.1, -0.05) is 40.7 Å². The van der Waals surface area contributed by atoms with Crippen LogP contribution in [0.1, 0.15) is 73.1 Å². The smallest absolute Gasteiger partial charge is 0.162 e. The van der Waals surface area contributed by atoms with Gasteiger partial charge in [0.05, 0.1) is 18.8 Å². The summed E-state index contributed by atoms with van der Waals surface area (Å²) in [6.45, 7) is 12.2. The number of hydrogen-bond donors (Lipinski definition) is 3. The average Bonchev–Trinajstić information content (AvgIpc) is 3.03. The lowest BCUT2D eigenvalue weighted by atomic mass is 9.34. The van der Waals surface area contributed by atoms with Gasteiger partial charge in [0.1, 0.15) is 0 Å². The van der Waals surface area contributed by atoms with Crippen molar-refractivity contribution in [3.63, 3.8) is 0 Å². The lowest BCUT2D eigenvalue weighted by Gasteiger charge is -2.71. The molecule has 0 aromatic rings. The molecule has 0 radical (unpaired) electrons. The van der Waals surface area contributed by atoms with Crippen molar-refractivity contribution in [2.45, 2.75) is 91.6 Å². The Labute approximate surface area is 175 Å². The van der Waals surface area contributed by atoms with E-state index >= 15 is 0 Å². The Bertz CT molecular complexity index is 730. The molecule has 3 N–H and O–H groups in total. The fourth-order valence-corrected chi connectivity index (χ4v) is 9.61. The summed E-state index contributed by atoms with van der Waals surface area (Å²) < 4.78 is 5.62. The Morgan fingerprint density at radius 3 is 2.24 bits per heavy atom. The summed E-state index contributed by atoms with van der Waals surface area (Å²) >= 11 is 0. The van der Waals surface area contributed by atoms with Crippen molar-refractivity contribution in [3.8, 4) is 0 Å². The highest BCUT2D eigenvalue weighted by atomic mass is 16.6. The normalized spacial score (nSPS) is 58.5. The molecule has 1 heterocycles. The van der Waals surface area contributed by atoms with Crippen LogP contribution in [0.25, 0.3) is 0 Å². The summed E-state index contributed by atoms with van der Waals surface area (Å²) in [6.07, 6.45) is 6.86. The summed E-state index contributed by atoms with van der Waals surface area (Å²) in [4.78, 5) is 0. The van der Waals surface area contributed by atoms with E-state index in [4.69, 9.17) is 4.74 Å². The van der Waals surface area contributed by atoms with Gasteiger partial charge >= 0.3 is 0 Å². The molecule has 5 rings (SSSR count). The number of fused-ring (bicyclic) bond motifs is 7. The molecule has 0 spiro atoms. The zero-order chi connectivity index (χ0) is 21.0. The zero-order valence-electron chi connectivity index (χ0n) is 18.8. The minimum absolute atomic E-state index is 0.0742. The Morgan fingerprint density at radius 1 is 0.862 bits per heavy atom. The maximum absolute atomic E-state index is 11.6. The molecule has 4 fully saturated rings. The molecule has 164 valence electrons. The number of aliphatic hydroxyl groups excluding tert-OH is 3. The van der Waals surface area contributed by atoms with E-state index in [1.807, 2.05) is 0 Å². The van der Waals surface area contributed by atoms with Gasteiger partial charge in [0.2, 0.25) is 0 Å². The Morgan fingerprint density at radius 2 is 1.52 bits per heavy atom. The zero-order valence-corrected chi connectivity index (χ0v) is 18.8. The Kier molecular flexibility index (Phi) is 4.30. The van der Waals surface area contributed by atoms with Crippen molar-refractivity contribution < 1.29 is 20.1 Å². The summed E-state index contributed by atoms with van der Waals surface area (Å²) in [5, 5.41) is 33.0. The van der Waals surface area contributed by atoms with Gasteiger partial charge in [0, 0.05) is 11.3 Å². The number of allylic oxidation sites excluding steroid dienone is 1. The highest BCUT2D eigenvalue weighted by molar-refractivity contribution is 5.27. The molecule has 0 aromatic heterocycles. The maximum atomic E-state index is 11.6. The first kappa shape index (κ1) is 20.5. The van der Waals surface area contributed by atoms with Crippen molar-refractivity contribution in [1.29, 1.82) is 0 Å². The molecule has 1 aliphatic heterocycles. The first-order valence-electron chi connectivity index (χ1n) is 11.8. The van der Waals surface area contributed by atoms with Crippen LogP contribution in [0, 0.1) is 45.3 Å². The molecule has 29 heavy (non-hydrogen) atoms. The first-order valence-corrected chi connectivity index (χ1v) is 11.8. The standard InChI is InChI=1S/C25H40O4/c1-22(2)15-8-10-24(4)16-7-6-14-13-29-21(28)20(14)25(16,5)19(27)12-17(24)23(15,3)11-9-18(22)26/h6,15-21,26-28H,7-13H2,1-5H3/t15-,16-,17+,18-,19+,20+,21+,23-,24-,25+/m0/s1. The van der Waals surface area contributed by atoms with Gasteiger partial charge in [-0.05, 0) is 78.1 Å². The molecule has 4 aliphatic carbocycles. The first-order chi connectivity index (χ1) is 13.5. The van der Waals surface area contributed by atoms with Gasteiger partial charge in [-0.3, -0.25) is 0 Å². The molecule has 1 saturated heterocycles. The molecular formula is C25H40O4. The molecule has 0 aromatic carbocycles. The SMILES string of the molecule is CC1(C)[C@@H](O)CC[C@]2(C)[C@H]3C[C@@H](O)[C@]4(C)[C@@H]5C(=CC[C@H]4[C@]3(C)CC[C@@H]12)CO[C@H]5O. The van der Waals surface area contributed by atoms with Crippen LogP contribution >= 0.6 is 0 Å². The van der Waals surface area contributed by atoms with Crippen molar-refractivity contribution >= 4 is 0 Å². The van der Waals surface area contributed by atoms with Crippen molar-refractivity contribution in [2.24, 2.45) is 45.3 Å². The van der Waals surface area contributed by atoms with E-state index in [1.165, 1.54) is 5.57 Å².